The molecule has 0 unspecified atom stereocenters. The second-order valence-electron chi connectivity index (χ2n) is 5.80. The zero-order valence-electron chi connectivity index (χ0n) is 13.7. The first-order valence-corrected chi connectivity index (χ1v) is 8.27. The molecular formula is C23H17N2. The molecule has 2 heteroatoms. The van der Waals surface area contributed by atoms with E-state index in [1.165, 1.54) is 0 Å². The van der Waals surface area contributed by atoms with Gasteiger partial charge in [-0.05, 0) is 35.9 Å². The van der Waals surface area contributed by atoms with Crippen LogP contribution in [0.2, 0.25) is 0 Å². The smallest absolute Gasteiger partial charge is 0.0705 e. The lowest BCUT2D eigenvalue weighted by Gasteiger charge is -2.07. The number of nitrogens with zero attached hydrogens (tertiary/aromatic N) is 2. The molecule has 119 valence electrons. The van der Waals surface area contributed by atoms with E-state index >= 15 is 0 Å². The lowest BCUT2D eigenvalue weighted by atomic mass is 10.0. The van der Waals surface area contributed by atoms with Crippen LogP contribution in [0.3, 0.4) is 0 Å². The molecule has 0 N–H and O–H groups in total. The second-order valence-corrected chi connectivity index (χ2v) is 5.80. The van der Waals surface area contributed by atoms with E-state index in [-0.39, 0.29) is 0 Å². The fourth-order valence-corrected chi connectivity index (χ4v) is 2.79. The van der Waals surface area contributed by atoms with E-state index in [4.69, 9.17) is 4.98 Å². The minimum atomic E-state index is 0.944. The van der Waals surface area contributed by atoms with Crippen LogP contribution in [0.25, 0.3) is 22.5 Å². The molecule has 4 aromatic rings. The molecule has 0 fully saturated rings. The SMILES string of the molecule is [CH](c1cccc(-c2ccccn2)c1)c1cccc(-c2ccccc2)n1. The van der Waals surface area contributed by atoms with Gasteiger partial charge in [-0.15, -0.1) is 0 Å². The van der Waals surface area contributed by atoms with Crippen LogP contribution in [0, 0.1) is 6.42 Å². The zero-order chi connectivity index (χ0) is 16.9. The maximum Gasteiger partial charge on any atom is 0.0705 e. The van der Waals surface area contributed by atoms with Gasteiger partial charge in [0.1, 0.15) is 0 Å². The van der Waals surface area contributed by atoms with E-state index in [1.54, 1.807) is 0 Å². The van der Waals surface area contributed by atoms with Crippen molar-refractivity contribution < 1.29 is 0 Å². The Kier molecular flexibility index (Phi) is 4.34. The molecule has 0 atom stereocenters. The number of hydrogen-bond acceptors (Lipinski definition) is 2. The van der Waals surface area contributed by atoms with Gasteiger partial charge >= 0.3 is 0 Å². The molecule has 25 heavy (non-hydrogen) atoms. The molecular weight excluding hydrogens is 304 g/mol. The van der Waals surface area contributed by atoms with Crippen LogP contribution in [0.15, 0.2) is 97.2 Å². The molecule has 2 heterocycles. The molecule has 0 aliphatic rings. The molecule has 0 saturated carbocycles. The summed E-state index contributed by atoms with van der Waals surface area (Å²) in [5, 5.41) is 0. The highest BCUT2D eigenvalue weighted by Crippen LogP contribution is 2.22. The Bertz CT molecular complexity index is 882. The van der Waals surface area contributed by atoms with Crippen molar-refractivity contribution in [3.63, 3.8) is 0 Å². The van der Waals surface area contributed by atoms with Crippen LogP contribution >= 0.6 is 0 Å². The summed E-state index contributed by atoms with van der Waals surface area (Å²) in [7, 11) is 0. The summed E-state index contributed by atoms with van der Waals surface area (Å²) < 4.78 is 0. The van der Waals surface area contributed by atoms with Gasteiger partial charge in [-0.1, -0.05) is 60.7 Å². The monoisotopic (exact) mass is 321 g/mol. The Morgan fingerprint density at radius 1 is 0.600 bits per heavy atom. The Labute approximate surface area is 147 Å². The van der Waals surface area contributed by atoms with E-state index in [1.807, 2.05) is 60.8 Å². The van der Waals surface area contributed by atoms with Gasteiger partial charge in [-0.3, -0.25) is 9.97 Å². The third-order valence-corrected chi connectivity index (χ3v) is 4.00. The van der Waals surface area contributed by atoms with Gasteiger partial charge in [0.05, 0.1) is 11.4 Å². The minimum absolute atomic E-state index is 0.944. The summed E-state index contributed by atoms with van der Waals surface area (Å²) in [4.78, 5) is 9.19. The van der Waals surface area contributed by atoms with Crippen molar-refractivity contribution in [2.75, 3.05) is 0 Å². The molecule has 0 aliphatic heterocycles. The second kappa shape index (κ2) is 7.10. The molecule has 1 radical (unpaired) electrons. The summed E-state index contributed by atoms with van der Waals surface area (Å²) in [6.45, 7) is 0. The van der Waals surface area contributed by atoms with Crippen LogP contribution in [-0.2, 0) is 0 Å². The van der Waals surface area contributed by atoms with Crippen LogP contribution in [0.1, 0.15) is 11.3 Å². The Hall–Kier alpha value is -3.26. The van der Waals surface area contributed by atoms with E-state index < -0.39 is 0 Å². The normalized spacial score (nSPS) is 10.6. The average Bonchev–Trinajstić information content (AvgIpc) is 2.70. The summed E-state index contributed by atoms with van der Waals surface area (Å²) in [6, 6.07) is 30.7. The van der Waals surface area contributed by atoms with Crippen molar-refractivity contribution in [1.82, 2.24) is 9.97 Å². The molecule has 2 nitrogen and oxygen atoms in total. The molecule has 0 spiro atoms. The Balaban J connectivity index is 1.61. The van der Waals surface area contributed by atoms with Crippen LogP contribution in [-0.4, -0.2) is 9.97 Å². The van der Waals surface area contributed by atoms with E-state index in [0.29, 0.717) is 0 Å². The number of rotatable bonds is 4. The van der Waals surface area contributed by atoms with Gasteiger partial charge < -0.3 is 0 Å². The summed E-state index contributed by atoms with van der Waals surface area (Å²) >= 11 is 0. The zero-order valence-corrected chi connectivity index (χ0v) is 13.7. The van der Waals surface area contributed by atoms with E-state index in [2.05, 4.69) is 47.8 Å². The molecule has 4 rings (SSSR count). The third kappa shape index (κ3) is 3.64. The summed E-state index contributed by atoms with van der Waals surface area (Å²) in [5.41, 5.74) is 6.24. The predicted molar refractivity (Wildman–Crippen MR) is 102 cm³/mol. The molecule has 0 saturated heterocycles. The molecule has 0 aliphatic carbocycles. The van der Waals surface area contributed by atoms with Crippen LogP contribution in [0.5, 0.6) is 0 Å². The van der Waals surface area contributed by atoms with Gasteiger partial charge in [0.25, 0.3) is 0 Å². The maximum atomic E-state index is 4.77. The first kappa shape index (κ1) is 15.3. The standard InChI is InChI=1S/C23H17N2/c1-2-9-19(10-3-1)23-14-7-12-21(25-23)17-18-8-6-11-20(16-18)22-13-4-5-15-24-22/h1-17H. The number of pyridine rings is 2. The van der Waals surface area contributed by atoms with Gasteiger partial charge in [-0.2, -0.15) is 0 Å². The van der Waals surface area contributed by atoms with E-state index in [9.17, 15) is 0 Å². The first-order valence-electron chi connectivity index (χ1n) is 8.27. The van der Waals surface area contributed by atoms with Gasteiger partial charge in [0.15, 0.2) is 0 Å². The lowest BCUT2D eigenvalue weighted by Crippen LogP contribution is -1.92. The fraction of sp³-hybridized carbons (Fsp3) is 0. The van der Waals surface area contributed by atoms with Gasteiger partial charge in [0, 0.05) is 29.4 Å². The highest BCUT2D eigenvalue weighted by Gasteiger charge is 2.04. The van der Waals surface area contributed by atoms with Crippen molar-refractivity contribution in [2.24, 2.45) is 0 Å². The highest BCUT2D eigenvalue weighted by molar-refractivity contribution is 5.62. The highest BCUT2D eigenvalue weighted by atomic mass is 14.7. The maximum absolute atomic E-state index is 4.77. The van der Waals surface area contributed by atoms with Crippen LogP contribution < -0.4 is 0 Å². The number of aromatic nitrogens is 2. The topological polar surface area (TPSA) is 25.8 Å². The average molecular weight is 321 g/mol. The minimum Gasteiger partial charge on any atom is -0.256 e. The molecule has 0 bridgehead atoms. The van der Waals surface area contributed by atoms with Crippen molar-refractivity contribution in [3.05, 3.63) is 115 Å². The Morgan fingerprint density at radius 3 is 2.20 bits per heavy atom. The summed E-state index contributed by atoms with van der Waals surface area (Å²) in [6.07, 6.45) is 3.91. The fourth-order valence-electron chi connectivity index (χ4n) is 2.79. The van der Waals surface area contributed by atoms with E-state index in [0.717, 1.165) is 33.8 Å². The molecule has 0 amide bonds. The van der Waals surface area contributed by atoms with Crippen molar-refractivity contribution in [3.8, 4) is 22.5 Å². The quantitative estimate of drug-likeness (QED) is 0.502. The number of hydrogen-bond donors (Lipinski definition) is 0. The number of benzene rings is 2. The largest absolute Gasteiger partial charge is 0.256 e. The van der Waals surface area contributed by atoms with Crippen molar-refractivity contribution in [1.29, 1.82) is 0 Å². The van der Waals surface area contributed by atoms with Crippen LogP contribution in [0.4, 0.5) is 0 Å². The van der Waals surface area contributed by atoms with Crippen molar-refractivity contribution in [2.45, 2.75) is 0 Å². The predicted octanol–water partition coefficient (Wildman–Crippen LogP) is 5.41. The molecule has 2 aromatic carbocycles. The molecule has 2 aromatic heterocycles. The third-order valence-electron chi connectivity index (χ3n) is 4.00. The van der Waals surface area contributed by atoms with Crippen molar-refractivity contribution >= 4 is 0 Å². The first-order chi connectivity index (χ1) is 12.4. The van der Waals surface area contributed by atoms with Gasteiger partial charge in [0.2, 0.25) is 0 Å². The summed E-state index contributed by atoms with van der Waals surface area (Å²) in [5.74, 6) is 0. The lowest BCUT2D eigenvalue weighted by molar-refractivity contribution is 1.22. The Morgan fingerprint density at radius 2 is 1.36 bits per heavy atom. The van der Waals surface area contributed by atoms with Gasteiger partial charge in [-0.25, -0.2) is 0 Å².